The number of anilines is 2. The zero-order valence-electron chi connectivity index (χ0n) is 9.03. The third kappa shape index (κ3) is 3.57. The monoisotopic (exact) mass is 262 g/mol. The summed E-state index contributed by atoms with van der Waals surface area (Å²) in [6, 6.07) is 5.16. The Morgan fingerprint density at radius 2 is 2.12 bits per heavy atom. The topological polar surface area (TPSA) is 72.2 Å². The molecule has 0 saturated carbocycles. The van der Waals surface area contributed by atoms with E-state index in [2.05, 4.69) is 5.32 Å². The van der Waals surface area contributed by atoms with Gasteiger partial charge in [0.05, 0.1) is 22.2 Å². The maximum Gasteiger partial charge on any atom is 0.151 e. The molecular weight excluding hydrogens is 248 g/mol. The molecule has 0 unspecified atom stereocenters. The van der Waals surface area contributed by atoms with Gasteiger partial charge in [0.25, 0.3) is 0 Å². The van der Waals surface area contributed by atoms with Crippen molar-refractivity contribution in [2.24, 2.45) is 0 Å². The highest BCUT2D eigenvalue weighted by Gasteiger charge is 2.08. The summed E-state index contributed by atoms with van der Waals surface area (Å²) in [7, 11) is -2.96. The summed E-state index contributed by atoms with van der Waals surface area (Å²) in [6.07, 6.45) is 0. The Balaban J connectivity index is 2.62. The van der Waals surface area contributed by atoms with Crippen molar-refractivity contribution < 1.29 is 8.42 Å². The first-order valence-corrected chi connectivity index (χ1v) is 7.14. The number of sulfone groups is 1. The second-order valence-electron chi connectivity index (χ2n) is 3.37. The molecule has 0 saturated heterocycles. The van der Waals surface area contributed by atoms with Crippen LogP contribution in [0.1, 0.15) is 6.92 Å². The van der Waals surface area contributed by atoms with Crippen LogP contribution in [0.15, 0.2) is 18.2 Å². The van der Waals surface area contributed by atoms with Gasteiger partial charge >= 0.3 is 0 Å². The summed E-state index contributed by atoms with van der Waals surface area (Å²) in [6.45, 7) is 1.93. The van der Waals surface area contributed by atoms with E-state index in [-0.39, 0.29) is 11.5 Å². The average molecular weight is 263 g/mol. The molecule has 6 heteroatoms. The van der Waals surface area contributed by atoms with Crippen LogP contribution in [0.3, 0.4) is 0 Å². The van der Waals surface area contributed by atoms with E-state index in [0.717, 1.165) is 0 Å². The Kier molecular flexibility index (Phi) is 4.44. The highest BCUT2D eigenvalue weighted by Crippen LogP contribution is 2.27. The highest BCUT2D eigenvalue weighted by molar-refractivity contribution is 7.91. The fourth-order valence-corrected chi connectivity index (χ4v) is 2.15. The standard InChI is InChI=1S/C10H15ClN2O2S/c1-2-16(14,15)7-6-13-10-8(11)4-3-5-9(10)12/h3-5,13H,2,6-7,12H2,1H3. The van der Waals surface area contributed by atoms with Crippen LogP contribution >= 0.6 is 11.6 Å². The molecule has 0 aromatic heterocycles. The number of nitrogens with one attached hydrogen (secondary N) is 1. The van der Waals surface area contributed by atoms with E-state index in [0.29, 0.717) is 22.9 Å². The molecule has 0 heterocycles. The molecule has 0 aliphatic heterocycles. The predicted molar refractivity (Wildman–Crippen MR) is 68.7 cm³/mol. The maximum absolute atomic E-state index is 11.3. The minimum atomic E-state index is -2.96. The third-order valence-corrected chi connectivity index (χ3v) is 4.22. The summed E-state index contributed by atoms with van der Waals surface area (Å²) in [5, 5.41) is 3.43. The molecule has 90 valence electrons. The van der Waals surface area contributed by atoms with E-state index in [1.54, 1.807) is 25.1 Å². The number of nitrogen functional groups attached to an aromatic ring is 1. The Hall–Kier alpha value is -0.940. The van der Waals surface area contributed by atoms with Gasteiger partial charge in [0.2, 0.25) is 0 Å². The minimum Gasteiger partial charge on any atom is -0.397 e. The smallest absolute Gasteiger partial charge is 0.151 e. The first kappa shape index (κ1) is 13.1. The van der Waals surface area contributed by atoms with E-state index >= 15 is 0 Å². The Labute approximate surface area is 101 Å². The molecule has 16 heavy (non-hydrogen) atoms. The third-order valence-electron chi connectivity index (χ3n) is 2.20. The molecule has 0 atom stereocenters. The van der Waals surface area contributed by atoms with Crippen LogP contribution in [0.25, 0.3) is 0 Å². The zero-order chi connectivity index (χ0) is 12.2. The van der Waals surface area contributed by atoms with Crippen LogP contribution < -0.4 is 11.1 Å². The largest absolute Gasteiger partial charge is 0.397 e. The van der Waals surface area contributed by atoms with Gasteiger partial charge in [-0.1, -0.05) is 24.6 Å². The van der Waals surface area contributed by atoms with Crippen LogP contribution in [0.4, 0.5) is 11.4 Å². The lowest BCUT2D eigenvalue weighted by molar-refractivity contribution is 0.597. The fourth-order valence-electron chi connectivity index (χ4n) is 1.20. The number of benzene rings is 1. The van der Waals surface area contributed by atoms with Gasteiger partial charge in [-0.25, -0.2) is 8.42 Å². The van der Waals surface area contributed by atoms with Crippen molar-refractivity contribution >= 4 is 32.8 Å². The SMILES string of the molecule is CCS(=O)(=O)CCNc1c(N)cccc1Cl. The zero-order valence-corrected chi connectivity index (χ0v) is 10.6. The van der Waals surface area contributed by atoms with Crippen LogP contribution in [-0.4, -0.2) is 26.5 Å². The maximum atomic E-state index is 11.3. The highest BCUT2D eigenvalue weighted by atomic mass is 35.5. The quantitative estimate of drug-likeness (QED) is 0.794. The van der Waals surface area contributed by atoms with E-state index in [9.17, 15) is 8.42 Å². The molecule has 3 N–H and O–H groups in total. The molecule has 1 aromatic rings. The number of hydrogen-bond donors (Lipinski definition) is 2. The summed E-state index contributed by atoms with van der Waals surface area (Å²) in [5.74, 6) is 0.223. The van der Waals surface area contributed by atoms with Crippen LogP contribution in [0, 0.1) is 0 Å². The molecule has 1 rings (SSSR count). The van der Waals surface area contributed by atoms with E-state index in [4.69, 9.17) is 17.3 Å². The first-order chi connectivity index (χ1) is 7.46. The minimum absolute atomic E-state index is 0.0775. The van der Waals surface area contributed by atoms with Crippen molar-refractivity contribution in [1.82, 2.24) is 0 Å². The van der Waals surface area contributed by atoms with Crippen LogP contribution in [0.2, 0.25) is 5.02 Å². The summed E-state index contributed by atoms with van der Waals surface area (Å²) in [4.78, 5) is 0. The van der Waals surface area contributed by atoms with Gasteiger partial charge in [0, 0.05) is 12.3 Å². The van der Waals surface area contributed by atoms with Gasteiger partial charge in [-0.2, -0.15) is 0 Å². The van der Waals surface area contributed by atoms with Gasteiger partial charge in [-0.15, -0.1) is 0 Å². The van der Waals surface area contributed by atoms with Gasteiger partial charge in [-0.3, -0.25) is 0 Å². The molecule has 0 fully saturated rings. The second kappa shape index (κ2) is 5.41. The van der Waals surface area contributed by atoms with E-state index < -0.39 is 9.84 Å². The van der Waals surface area contributed by atoms with Crippen molar-refractivity contribution in [2.45, 2.75) is 6.92 Å². The summed E-state index contributed by atoms with van der Waals surface area (Å²) < 4.78 is 22.5. The average Bonchev–Trinajstić information content (AvgIpc) is 2.22. The molecule has 0 aliphatic rings. The predicted octanol–water partition coefficient (Wildman–Crippen LogP) is 1.77. The molecule has 0 aliphatic carbocycles. The molecule has 4 nitrogen and oxygen atoms in total. The second-order valence-corrected chi connectivity index (χ2v) is 6.25. The Morgan fingerprint density at radius 3 is 2.69 bits per heavy atom. The number of rotatable bonds is 5. The van der Waals surface area contributed by atoms with Crippen molar-refractivity contribution in [3.05, 3.63) is 23.2 Å². The molecule has 0 amide bonds. The van der Waals surface area contributed by atoms with Gasteiger partial charge in [0.15, 0.2) is 9.84 Å². The number of halogens is 1. The number of nitrogens with two attached hydrogens (primary N) is 1. The van der Waals surface area contributed by atoms with Crippen molar-refractivity contribution in [1.29, 1.82) is 0 Å². The molecule has 0 bridgehead atoms. The van der Waals surface area contributed by atoms with Crippen LogP contribution in [0.5, 0.6) is 0 Å². The Morgan fingerprint density at radius 1 is 1.44 bits per heavy atom. The normalized spacial score (nSPS) is 11.4. The van der Waals surface area contributed by atoms with Crippen molar-refractivity contribution in [3.63, 3.8) is 0 Å². The van der Waals surface area contributed by atoms with Crippen LogP contribution in [-0.2, 0) is 9.84 Å². The first-order valence-electron chi connectivity index (χ1n) is 4.94. The van der Waals surface area contributed by atoms with E-state index in [1.165, 1.54) is 0 Å². The van der Waals surface area contributed by atoms with Crippen molar-refractivity contribution in [3.8, 4) is 0 Å². The summed E-state index contributed by atoms with van der Waals surface area (Å²) in [5.41, 5.74) is 6.82. The van der Waals surface area contributed by atoms with E-state index in [1.807, 2.05) is 0 Å². The molecule has 1 aromatic carbocycles. The fraction of sp³-hybridized carbons (Fsp3) is 0.400. The number of hydrogen-bond acceptors (Lipinski definition) is 4. The Bertz CT molecular complexity index is 440. The number of para-hydroxylation sites is 1. The summed E-state index contributed by atoms with van der Waals surface area (Å²) >= 11 is 5.92. The van der Waals surface area contributed by atoms with Gasteiger partial charge in [-0.05, 0) is 12.1 Å². The van der Waals surface area contributed by atoms with Gasteiger partial charge in [0.1, 0.15) is 0 Å². The lowest BCUT2D eigenvalue weighted by atomic mass is 10.2. The lowest BCUT2D eigenvalue weighted by Gasteiger charge is -2.10. The lowest BCUT2D eigenvalue weighted by Crippen LogP contribution is -2.17. The molecule has 0 radical (unpaired) electrons. The molecule has 0 spiro atoms. The van der Waals surface area contributed by atoms with Gasteiger partial charge < -0.3 is 11.1 Å². The molecular formula is C10H15ClN2O2S. The van der Waals surface area contributed by atoms with Crippen molar-refractivity contribution in [2.75, 3.05) is 29.1 Å².